The quantitative estimate of drug-likeness (QED) is 0.243. The second-order valence-corrected chi connectivity index (χ2v) is 9.50. The lowest BCUT2D eigenvalue weighted by Gasteiger charge is -2.23. The number of fused-ring (bicyclic) bond motifs is 3. The van der Waals surface area contributed by atoms with Gasteiger partial charge in [0.2, 0.25) is 0 Å². The monoisotopic (exact) mass is 552 g/mol. The van der Waals surface area contributed by atoms with Gasteiger partial charge in [-0.25, -0.2) is 9.18 Å². The van der Waals surface area contributed by atoms with Crippen molar-refractivity contribution in [3.05, 3.63) is 105 Å². The highest BCUT2D eigenvalue weighted by atomic mass is 35.5. The summed E-state index contributed by atoms with van der Waals surface area (Å²) in [6.07, 6.45) is 2.45. The number of carbonyl (C=O) groups excluding carboxylic acids is 1. The van der Waals surface area contributed by atoms with Crippen LogP contribution in [-0.2, 0) is 17.7 Å². The van der Waals surface area contributed by atoms with Crippen LogP contribution in [0.25, 0.3) is 11.1 Å². The molecule has 0 spiro atoms. The second kappa shape index (κ2) is 10.9. The largest absolute Gasteiger partial charge is 0.493 e. The molecule has 0 saturated heterocycles. The first-order valence-corrected chi connectivity index (χ1v) is 12.5. The van der Waals surface area contributed by atoms with Crippen molar-refractivity contribution in [1.29, 1.82) is 0 Å². The maximum atomic E-state index is 14.2. The van der Waals surface area contributed by atoms with Crippen molar-refractivity contribution in [2.75, 3.05) is 19.5 Å². The van der Waals surface area contributed by atoms with Crippen LogP contribution in [0.5, 0.6) is 11.5 Å². The zero-order valence-electron chi connectivity index (χ0n) is 20.6. The van der Waals surface area contributed by atoms with Crippen molar-refractivity contribution in [1.82, 2.24) is 4.98 Å². The molecule has 0 unspecified atom stereocenters. The van der Waals surface area contributed by atoms with Crippen LogP contribution >= 0.6 is 23.2 Å². The lowest BCUT2D eigenvalue weighted by Crippen LogP contribution is -2.16. The van der Waals surface area contributed by atoms with E-state index in [9.17, 15) is 9.18 Å². The van der Waals surface area contributed by atoms with E-state index in [0.717, 1.165) is 16.7 Å². The summed E-state index contributed by atoms with van der Waals surface area (Å²) >= 11 is 12.8. The molecule has 1 atom stereocenters. The number of esters is 1. The Morgan fingerprint density at radius 1 is 1.00 bits per heavy atom. The van der Waals surface area contributed by atoms with Crippen molar-refractivity contribution in [3.8, 4) is 22.6 Å². The summed E-state index contributed by atoms with van der Waals surface area (Å²) in [7, 11) is 3.08. The molecule has 6 nitrogen and oxygen atoms in total. The highest BCUT2D eigenvalue weighted by Crippen LogP contribution is 2.39. The number of rotatable bonds is 7. The number of aromatic nitrogens is 1. The summed E-state index contributed by atoms with van der Waals surface area (Å²) in [6, 6.07) is 15.5. The highest BCUT2D eigenvalue weighted by molar-refractivity contribution is 6.35. The topological polar surface area (TPSA) is 69.7 Å². The van der Waals surface area contributed by atoms with Crippen LogP contribution in [0, 0.1) is 5.82 Å². The Kier molecular flexibility index (Phi) is 7.40. The number of anilines is 1. The Morgan fingerprint density at radius 2 is 1.76 bits per heavy atom. The van der Waals surface area contributed by atoms with E-state index in [1.165, 1.54) is 25.6 Å². The van der Waals surface area contributed by atoms with Crippen LogP contribution < -0.4 is 14.8 Å². The molecule has 194 valence electrons. The molecule has 0 aliphatic carbocycles. The molecule has 0 radical (unpaired) electrons. The van der Waals surface area contributed by atoms with E-state index in [0.29, 0.717) is 50.5 Å². The molecule has 5 rings (SSSR count). The first kappa shape index (κ1) is 25.8. The molecule has 0 bridgehead atoms. The summed E-state index contributed by atoms with van der Waals surface area (Å²) in [6.45, 7) is 0.381. The summed E-state index contributed by atoms with van der Waals surface area (Å²) in [5.41, 5.74) is 4.56. The normalized spacial score (nSPS) is 12.6. The minimum Gasteiger partial charge on any atom is -0.493 e. The molecule has 9 heteroatoms. The van der Waals surface area contributed by atoms with Gasteiger partial charge in [0.15, 0.2) is 11.5 Å². The van der Waals surface area contributed by atoms with E-state index in [1.54, 1.807) is 43.5 Å². The van der Waals surface area contributed by atoms with Gasteiger partial charge in [-0.2, -0.15) is 0 Å². The molecular formula is C29H23Cl2FN2O4. The summed E-state index contributed by atoms with van der Waals surface area (Å²) in [5.74, 6) is 0.186. The smallest absolute Gasteiger partial charge is 0.338 e. The molecule has 38 heavy (non-hydrogen) atoms. The fourth-order valence-electron chi connectivity index (χ4n) is 4.54. The third-order valence-corrected chi connectivity index (χ3v) is 7.12. The van der Waals surface area contributed by atoms with Crippen LogP contribution in [0.3, 0.4) is 0 Å². The first-order chi connectivity index (χ1) is 18.4. The lowest BCUT2D eigenvalue weighted by atomic mass is 9.93. The van der Waals surface area contributed by atoms with Crippen LogP contribution in [0.15, 0.2) is 67.0 Å². The van der Waals surface area contributed by atoms with Gasteiger partial charge in [-0.15, -0.1) is 0 Å². The van der Waals surface area contributed by atoms with Gasteiger partial charge in [0.25, 0.3) is 0 Å². The number of methoxy groups -OCH3 is 2. The number of hydrogen-bond acceptors (Lipinski definition) is 6. The zero-order valence-corrected chi connectivity index (χ0v) is 22.1. The number of para-hydroxylation sites is 1. The molecule has 1 aliphatic rings. The summed E-state index contributed by atoms with van der Waals surface area (Å²) < 4.78 is 31.1. The number of ether oxygens (including phenoxy) is 3. The number of nitrogens with one attached hydrogen (secondary N) is 1. The first-order valence-electron chi connectivity index (χ1n) is 11.8. The van der Waals surface area contributed by atoms with Gasteiger partial charge < -0.3 is 19.5 Å². The van der Waals surface area contributed by atoms with Gasteiger partial charge in [0, 0.05) is 30.9 Å². The Labute approximate surface area is 229 Å². The van der Waals surface area contributed by atoms with Gasteiger partial charge in [0.1, 0.15) is 11.9 Å². The fourth-order valence-corrected chi connectivity index (χ4v) is 5.06. The minimum atomic E-state index is -0.747. The average molecular weight is 553 g/mol. The second-order valence-electron chi connectivity index (χ2n) is 8.68. The molecule has 0 saturated carbocycles. The van der Waals surface area contributed by atoms with Gasteiger partial charge >= 0.3 is 5.97 Å². The molecule has 3 aromatic carbocycles. The number of pyridine rings is 1. The molecule has 0 fully saturated rings. The standard InChI is InChI=1S/C29H23Cl2FN2O4/c1-36-25-9-7-16(11-27(25)37-2)26(12-21-22(30)14-33-15-23(21)31)38-29(35)17-6-8-19-18(10-17)13-34-28-20(19)4-3-5-24(28)32/h3-11,14-15,26,34H,12-13H2,1-2H3/t26-/m0/s1. The van der Waals surface area contributed by atoms with Crippen LogP contribution in [0.2, 0.25) is 10.0 Å². The van der Waals surface area contributed by atoms with Crippen LogP contribution in [0.1, 0.15) is 33.2 Å². The van der Waals surface area contributed by atoms with E-state index in [1.807, 2.05) is 12.1 Å². The lowest BCUT2D eigenvalue weighted by molar-refractivity contribution is 0.0297. The van der Waals surface area contributed by atoms with Crippen LogP contribution in [0.4, 0.5) is 10.1 Å². The number of hydrogen-bond donors (Lipinski definition) is 1. The molecule has 1 aromatic heterocycles. The maximum absolute atomic E-state index is 14.2. The molecule has 2 heterocycles. The number of halogens is 3. The van der Waals surface area contributed by atoms with E-state index < -0.39 is 12.1 Å². The molecule has 1 aliphatic heterocycles. The van der Waals surface area contributed by atoms with Crippen molar-refractivity contribution in [3.63, 3.8) is 0 Å². The molecule has 0 amide bonds. The van der Waals surface area contributed by atoms with E-state index in [4.69, 9.17) is 37.4 Å². The summed E-state index contributed by atoms with van der Waals surface area (Å²) in [4.78, 5) is 17.4. The third kappa shape index (κ3) is 4.99. The van der Waals surface area contributed by atoms with E-state index in [-0.39, 0.29) is 12.2 Å². The number of carbonyl (C=O) groups is 1. The molecule has 1 N–H and O–H groups in total. The SMILES string of the molecule is COc1ccc([C@H](Cc2c(Cl)cncc2Cl)OC(=O)c2ccc3c(c2)CNc2c(F)cccc2-3)cc1OC. The fraction of sp³-hybridized carbons (Fsp3) is 0.172. The third-order valence-electron chi connectivity index (χ3n) is 6.47. The Bertz CT molecular complexity index is 1510. The number of benzene rings is 3. The van der Waals surface area contributed by atoms with Crippen molar-refractivity contribution in [2.24, 2.45) is 0 Å². The number of nitrogens with zero attached hydrogens (tertiary/aromatic N) is 1. The van der Waals surface area contributed by atoms with Gasteiger partial charge in [-0.3, -0.25) is 4.98 Å². The van der Waals surface area contributed by atoms with E-state index in [2.05, 4.69) is 10.3 Å². The minimum absolute atomic E-state index is 0.209. The predicted molar refractivity (Wildman–Crippen MR) is 145 cm³/mol. The summed E-state index contributed by atoms with van der Waals surface area (Å²) in [5, 5.41) is 3.83. The maximum Gasteiger partial charge on any atom is 0.338 e. The highest BCUT2D eigenvalue weighted by Gasteiger charge is 2.25. The van der Waals surface area contributed by atoms with Crippen molar-refractivity contribution >= 4 is 34.9 Å². The average Bonchev–Trinajstić information content (AvgIpc) is 2.93. The molecular weight excluding hydrogens is 530 g/mol. The van der Waals surface area contributed by atoms with E-state index >= 15 is 0 Å². The van der Waals surface area contributed by atoms with Gasteiger partial charge in [-0.1, -0.05) is 47.5 Å². The zero-order chi connectivity index (χ0) is 26.8. The molecule has 4 aromatic rings. The van der Waals surface area contributed by atoms with Crippen molar-refractivity contribution in [2.45, 2.75) is 19.1 Å². The van der Waals surface area contributed by atoms with Crippen molar-refractivity contribution < 1.29 is 23.4 Å². The van der Waals surface area contributed by atoms with Crippen LogP contribution in [-0.4, -0.2) is 25.2 Å². The van der Waals surface area contributed by atoms with Gasteiger partial charge in [-0.05, 0) is 52.6 Å². The predicted octanol–water partition coefficient (Wildman–Crippen LogP) is 7.28. The van der Waals surface area contributed by atoms with Gasteiger partial charge in [0.05, 0.1) is 35.5 Å². The Hall–Kier alpha value is -3.81. The Morgan fingerprint density at radius 3 is 2.50 bits per heavy atom. The Balaban J connectivity index is 1.48.